The Hall–Kier alpha value is -2.64. The predicted octanol–water partition coefficient (Wildman–Crippen LogP) is 3.53. The van der Waals surface area contributed by atoms with Gasteiger partial charge in [0.2, 0.25) is 5.91 Å². The van der Waals surface area contributed by atoms with E-state index in [1.807, 2.05) is 25.7 Å². The first-order chi connectivity index (χ1) is 13.6. The lowest BCUT2D eigenvalue weighted by Gasteiger charge is -2.39. The molecule has 1 aliphatic heterocycles. The Morgan fingerprint density at radius 2 is 1.66 bits per heavy atom. The van der Waals surface area contributed by atoms with E-state index in [9.17, 15) is 19.7 Å². The number of carbonyl (C=O) groups is 2. The van der Waals surface area contributed by atoms with E-state index in [-0.39, 0.29) is 36.2 Å². The molecule has 1 saturated heterocycles. The zero-order valence-electron chi connectivity index (χ0n) is 17.3. The lowest BCUT2D eigenvalue weighted by molar-refractivity contribution is -0.384. The molecule has 2 amide bonds. The maximum Gasteiger partial charge on any atom is 0.410 e. The Balaban J connectivity index is 1.58. The van der Waals surface area contributed by atoms with Gasteiger partial charge in [-0.25, -0.2) is 4.79 Å². The Morgan fingerprint density at radius 1 is 1.10 bits per heavy atom. The van der Waals surface area contributed by atoms with Crippen LogP contribution in [0.15, 0.2) is 24.3 Å². The van der Waals surface area contributed by atoms with E-state index >= 15 is 0 Å². The molecule has 29 heavy (non-hydrogen) atoms. The van der Waals surface area contributed by atoms with Crippen LogP contribution in [-0.2, 0) is 16.0 Å². The van der Waals surface area contributed by atoms with Crippen molar-refractivity contribution in [3.63, 3.8) is 0 Å². The molecule has 0 unspecified atom stereocenters. The van der Waals surface area contributed by atoms with Crippen molar-refractivity contribution in [2.24, 2.45) is 0 Å². The van der Waals surface area contributed by atoms with Crippen LogP contribution in [0.1, 0.15) is 52.0 Å². The van der Waals surface area contributed by atoms with Gasteiger partial charge in [-0.2, -0.15) is 0 Å². The molecule has 8 heteroatoms. The molecule has 0 N–H and O–H groups in total. The Bertz CT molecular complexity index is 760. The summed E-state index contributed by atoms with van der Waals surface area (Å²) in [5, 5.41) is 10.8. The molecule has 8 nitrogen and oxygen atoms in total. The van der Waals surface area contributed by atoms with Gasteiger partial charge in [0.25, 0.3) is 5.69 Å². The number of nitro groups is 1. The zero-order valence-corrected chi connectivity index (χ0v) is 17.3. The predicted molar refractivity (Wildman–Crippen MR) is 107 cm³/mol. The SMILES string of the molecule is CC(C)(C)OC(=O)N1CCC(N(C(=O)Cc2ccc([N+](=O)[O-])cc2)C2CC2)CC1. The summed E-state index contributed by atoms with van der Waals surface area (Å²) in [5.41, 5.74) is 0.279. The molecule has 1 aromatic carbocycles. The summed E-state index contributed by atoms with van der Waals surface area (Å²) in [5.74, 6) is 0.0528. The van der Waals surface area contributed by atoms with Gasteiger partial charge in [-0.05, 0) is 52.0 Å². The van der Waals surface area contributed by atoms with Crippen LogP contribution >= 0.6 is 0 Å². The smallest absolute Gasteiger partial charge is 0.410 e. The number of hydrogen-bond donors (Lipinski definition) is 0. The summed E-state index contributed by atoms with van der Waals surface area (Å²) in [6, 6.07) is 6.55. The fraction of sp³-hybridized carbons (Fsp3) is 0.619. The molecule has 1 aliphatic carbocycles. The Labute approximate surface area is 171 Å². The lowest BCUT2D eigenvalue weighted by Crippen LogP contribution is -2.50. The summed E-state index contributed by atoms with van der Waals surface area (Å²) in [6.07, 6.45) is 3.44. The number of hydrogen-bond acceptors (Lipinski definition) is 5. The first-order valence-corrected chi connectivity index (χ1v) is 10.2. The molecule has 0 aromatic heterocycles. The third-order valence-corrected chi connectivity index (χ3v) is 5.24. The maximum absolute atomic E-state index is 13.0. The molecule has 2 aliphatic rings. The molecule has 0 bridgehead atoms. The topological polar surface area (TPSA) is 93.0 Å². The van der Waals surface area contributed by atoms with Gasteiger partial charge < -0.3 is 14.5 Å². The molecular weight excluding hydrogens is 374 g/mol. The number of non-ortho nitro benzene ring substituents is 1. The van der Waals surface area contributed by atoms with Crippen molar-refractivity contribution in [3.8, 4) is 0 Å². The van der Waals surface area contributed by atoms with Gasteiger partial charge in [0, 0.05) is 37.3 Å². The summed E-state index contributed by atoms with van der Waals surface area (Å²) < 4.78 is 5.44. The number of nitro benzene ring substituents is 1. The van der Waals surface area contributed by atoms with Gasteiger partial charge in [-0.3, -0.25) is 14.9 Å². The molecule has 0 spiro atoms. The number of nitrogens with zero attached hydrogens (tertiary/aromatic N) is 3. The van der Waals surface area contributed by atoms with E-state index in [0.717, 1.165) is 31.2 Å². The van der Waals surface area contributed by atoms with Crippen LogP contribution in [0.2, 0.25) is 0 Å². The van der Waals surface area contributed by atoms with Crippen molar-refractivity contribution in [1.29, 1.82) is 0 Å². The molecule has 0 atom stereocenters. The molecule has 158 valence electrons. The third-order valence-electron chi connectivity index (χ3n) is 5.24. The number of ether oxygens (including phenoxy) is 1. The van der Waals surface area contributed by atoms with Gasteiger partial charge in [0.1, 0.15) is 5.60 Å². The van der Waals surface area contributed by atoms with Crippen molar-refractivity contribution >= 4 is 17.7 Å². The highest BCUT2D eigenvalue weighted by Gasteiger charge is 2.39. The molecule has 1 saturated carbocycles. The van der Waals surface area contributed by atoms with Gasteiger partial charge in [0.15, 0.2) is 0 Å². The van der Waals surface area contributed by atoms with Crippen molar-refractivity contribution in [1.82, 2.24) is 9.80 Å². The third kappa shape index (κ3) is 5.68. The maximum atomic E-state index is 13.0. The van der Waals surface area contributed by atoms with Crippen molar-refractivity contribution < 1.29 is 19.2 Å². The summed E-state index contributed by atoms with van der Waals surface area (Å²) in [6.45, 7) is 6.71. The minimum atomic E-state index is -0.519. The van der Waals surface area contributed by atoms with Crippen molar-refractivity contribution in [3.05, 3.63) is 39.9 Å². The van der Waals surface area contributed by atoms with Gasteiger partial charge in [-0.15, -0.1) is 0 Å². The van der Waals surface area contributed by atoms with Gasteiger partial charge in [0.05, 0.1) is 11.3 Å². The summed E-state index contributed by atoms with van der Waals surface area (Å²) >= 11 is 0. The first kappa shape index (κ1) is 21.1. The van der Waals surface area contributed by atoms with Crippen LogP contribution in [0, 0.1) is 10.1 Å². The molecule has 2 fully saturated rings. The van der Waals surface area contributed by atoms with Crippen LogP contribution in [-0.4, -0.2) is 57.5 Å². The second kappa shape index (κ2) is 8.39. The number of piperidine rings is 1. The van der Waals surface area contributed by atoms with E-state index < -0.39 is 10.5 Å². The van der Waals surface area contributed by atoms with Gasteiger partial charge in [-0.1, -0.05) is 12.1 Å². The highest BCUT2D eigenvalue weighted by Crippen LogP contribution is 2.33. The first-order valence-electron chi connectivity index (χ1n) is 10.2. The number of carbonyl (C=O) groups excluding carboxylic acids is 2. The number of rotatable bonds is 5. The van der Waals surface area contributed by atoms with E-state index in [1.54, 1.807) is 17.0 Å². The monoisotopic (exact) mass is 403 g/mol. The van der Waals surface area contributed by atoms with Crippen molar-refractivity contribution in [2.75, 3.05) is 13.1 Å². The zero-order chi connectivity index (χ0) is 21.2. The van der Waals surface area contributed by atoms with E-state index in [4.69, 9.17) is 4.74 Å². The second-order valence-corrected chi connectivity index (χ2v) is 8.83. The number of likely N-dealkylation sites (tertiary alicyclic amines) is 1. The minimum absolute atomic E-state index is 0.0229. The van der Waals surface area contributed by atoms with Crippen LogP contribution in [0.3, 0.4) is 0 Å². The summed E-state index contributed by atoms with van der Waals surface area (Å²) in [4.78, 5) is 39.3. The van der Waals surface area contributed by atoms with Crippen LogP contribution < -0.4 is 0 Å². The highest BCUT2D eigenvalue weighted by molar-refractivity contribution is 5.80. The fourth-order valence-electron chi connectivity index (χ4n) is 3.71. The van der Waals surface area contributed by atoms with Crippen LogP contribution in [0.25, 0.3) is 0 Å². The fourth-order valence-corrected chi connectivity index (χ4v) is 3.71. The average Bonchev–Trinajstić information content (AvgIpc) is 3.46. The largest absolute Gasteiger partial charge is 0.444 e. The Morgan fingerprint density at radius 3 is 2.14 bits per heavy atom. The normalized spacial score (nSPS) is 17.7. The van der Waals surface area contributed by atoms with Crippen LogP contribution in [0.4, 0.5) is 10.5 Å². The van der Waals surface area contributed by atoms with Gasteiger partial charge >= 0.3 is 6.09 Å². The van der Waals surface area contributed by atoms with E-state index in [2.05, 4.69) is 0 Å². The molecule has 1 heterocycles. The van der Waals surface area contributed by atoms with E-state index in [0.29, 0.717) is 13.1 Å². The highest BCUT2D eigenvalue weighted by atomic mass is 16.6. The number of amides is 2. The molecular formula is C21H29N3O5. The van der Waals surface area contributed by atoms with Crippen LogP contribution in [0.5, 0.6) is 0 Å². The Kier molecular flexibility index (Phi) is 6.10. The average molecular weight is 403 g/mol. The molecule has 1 aromatic rings. The minimum Gasteiger partial charge on any atom is -0.444 e. The quantitative estimate of drug-likeness (QED) is 0.554. The molecule has 3 rings (SSSR count). The second-order valence-electron chi connectivity index (χ2n) is 8.83. The van der Waals surface area contributed by atoms with Crippen molar-refractivity contribution in [2.45, 2.75) is 70.6 Å². The standard InChI is InChI=1S/C21H29N3O5/c1-21(2,3)29-20(26)22-12-10-17(11-13-22)23(16-8-9-16)19(25)14-15-4-6-18(7-5-15)24(27)28/h4-7,16-17H,8-14H2,1-3H3. The number of benzene rings is 1. The van der Waals surface area contributed by atoms with E-state index in [1.165, 1.54) is 12.1 Å². The molecule has 0 radical (unpaired) electrons. The lowest BCUT2D eigenvalue weighted by atomic mass is 10.0. The summed E-state index contributed by atoms with van der Waals surface area (Å²) in [7, 11) is 0.